The van der Waals surface area contributed by atoms with Gasteiger partial charge in [0.15, 0.2) is 5.82 Å². The van der Waals surface area contributed by atoms with Crippen LogP contribution < -0.4 is 36.2 Å². The molecule has 7 rings (SSSR count). The quantitative estimate of drug-likeness (QED) is 0.101. The number of nitrogens with zero attached hydrogens (tertiary/aromatic N) is 5. The molecule has 3 saturated heterocycles. The van der Waals surface area contributed by atoms with Gasteiger partial charge in [-0.05, 0) is 74.6 Å². The second-order valence-corrected chi connectivity index (χ2v) is 18.4. The Morgan fingerprint density at radius 3 is 2.36 bits per heavy atom. The van der Waals surface area contributed by atoms with Gasteiger partial charge in [0.2, 0.25) is 17.8 Å². The third-order valence-electron chi connectivity index (χ3n) is 10.6. The number of hydrogen-bond acceptors (Lipinski definition) is 12. The van der Waals surface area contributed by atoms with Crippen molar-refractivity contribution in [3.63, 3.8) is 0 Å². The summed E-state index contributed by atoms with van der Waals surface area (Å²) >= 11 is 6.47. The third-order valence-corrected chi connectivity index (χ3v) is 12.4. The highest BCUT2D eigenvalue weighted by molar-refractivity contribution is 7.70. The number of rotatable bonds is 12. The van der Waals surface area contributed by atoms with E-state index in [1.807, 2.05) is 42.5 Å². The maximum Gasteiger partial charge on any atom is 0.249 e. The summed E-state index contributed by atoms with van der Waals surface area (Å²) in [5.41, 5.74) is 4.68. The molecule has 1 aromatic heterocycles. The van der Waals surface area contributed by atoms with Gasteiger partial charge < -0.3 is 30.2 Å². The van der Waals surface area contributed by atoms with Gasteiger partial charge in [-0.1, -0.05) is 35.9 Å². The minimum Gasteiger partial charge on any atom is -0.494 e. The highest BCUT2D eigenvalue weighted by atomic mass is 35.5. The second-order valence-electron chi connectivity index (χ2n) is 14.8. The van der Waals surface area contributed by atoms with Crippen LogP contribution in [0.1, 0.15) is 31.2 Å². The Bertz CT molecular complexity index is 2050. The molecule has 4 aromatic rings. The van der Waals surface area contributed by atoms with E-state index in [4.69, 9.17) is 16.3 Å². The predicted molar refractivity (Wildman–Crippen MR) is 220 cm³/mol. The molecule has 0 spiro atoms. The fraction of sp³-hybridized carbons (Fsp3) is 0.400. The van der Waals surface area contributed by atoms with Gasteiger partial charge in [-0.25, -0.2) is 4.98 Å². The third kappa shape index (κ3) is 9.59. The Hall–Kier alpha value is -4.68. The van der Waals surface area contributed by atoms with Crippen molar-refractivity contribution in [3.05, 3.63) is 83.5 Å². The number of methoxy groups -OCH3 is 1. The molecule has 0 saturated carbocycles. The Kier molecular flexibility index (Phi) is 11.9. The molecule has 4 heterocycles. The van der Waals surface area contributed by atoms with Gasteiger partial charge in [-0.2, -0.15) is 4.98 Å². The fourth-order valence-corrected chi connectivity index (χ4v) is 8.86. The number of hydrogen-bond donors (Lipinski definition) is 4. The summed E-state index contributed by atoms with van der Waals surface area (Å²) in [5.74, 6) is 0.988. The molecule has 15 heteroatoms. The molecule has 0 bridgehead atoms. The first-order chi connectivity index (χ1) is 26.5. The SMILES string of the molecule is COc1cc(N2CCC(N3CCN(Cc4ccc(NC5CCC(=O)NC5=O)cc4)CC3)CC2)ccc1Nc1ncc(Cl)c(Nc2ccccc2P(C)(C)=O)n1. The number of carbonyl (C=O) groups is 2. The van der Waals surface area contributed by atoms with E-state index in [1.165, 1.54) is 11.8 Å². The minimum atomic E-state index is -2.54. The summed E-state index contributed by atoms with van der Waals surface area (Å²) in [7, 11) is -0.878. The van der Waals surface area contributed by atoms with Crippen molar-refractivity contribution in [1.82, 2.24) is 25.1 Å². The molecule has 2 amide bonds. The predicted octanol–water partition coefficient (Wildman–Crippen LogP) is 5.88. The summed E-state index contributed by atoms with van der Waals surface area (Å²) in [6, 6.07) is 22.1. The molecular weight excluding hydrogens is 737 g/mol. The number of halogens is 1. The average Bonchev–Trinajstić information content (AvgIpc) is 3.18. The zero-order chi connectivity index (χ0) is 38.5. The number of amides is 2. The number of carbonyl (C=O) groups excluding carboxylic acids is 2. The number of imide groups is 1. The Labute approximate surface area is 327 Å². The highest BCUT2D eigenvalue weighted by Crippen LogP contribution is 2.39. The van der Waals surface area contributed by atoms with E-state index in [9.17, 15) is 14.2 Å². The summed E-state index contributed by atoms with van der Waals surface area (Å²) < 4.78 is 18.7. The van der Waals surface area contributed by atoms with E-state index in [1.54, 1.807) is 20.4 Å². The van der Waals surface area contributed by atoms with Crippen LogP contribution in [-0.4, -0.2) is 103 Å². The number of para-hydroxylation sites is 1. The van der Waals surface area contributed by atoms with Gasteiger partial charge in [0.1, 0.15) is 24.0 Å². The number of piperidine rings is 2. The monoisotopic (exact) mass is 785 g/mol. The average molecular weight is 786 g/mol. The van der Waals surface area contributed by atoms with Crippen LogP contribution in [-0.2, 0) is 20.7 Å². The zero-order valence-corrected chi connectivity index (χ0v) is 33.2. The molecule has 3 aliphatic heterocycles. The number of benzene rings is 3. The van der Waals surface area contributed by atoms with Gasteiger partial charge >= 0.3 is 0 Å². The van der Waals surface area contributed by atoms with E-state index in [0.29, 0.717) is 47.1 Å². The number of nitrogens with one attached hydrogen (secondary N) is 4. The lowest BCUT2D eigenvalue weighted by Gasteiger charge is -2.43. The van der Waals surface area contributed by atoms with Crippen LogP contribution >= 0.6 is 18.7 Å². The van der Waals surface area contributed by atoms with Gasteiger partial charge in [0.25, 0.3) is 0 Å². The molecule has 4 N–H and O–H groups in total. The molecule has 290 valence electrons. The zero-order valence-electron chi connectivity index (χ0n) is 31.6. The van der Waals surface area contributed by atoms with Crippen LogP contribution in [0, 0.1) is 0 Å². The number of ether oxygens (including phenoxy) is 1. The van der Waals surface area contributed by atoms with Crippen LogP contribution in [0.4, 0.5) is 34.5 Å². The van der Waals surface area contributed by atoms with Crippen LogP contribution in [0.15, 0.2) is 72.9 Å². The molecule has 3 aliphatic rings. The highest BCUT2D eigenvalue weighted by Gasteiger charge is 2.29. The van der Waals surface area contributed by atoms with E-state index in [-0.39, 0.29) is 17.9 Å². The number of aromatic nitrogens is 2. The molecule has 55 heavy (non-hydrogen) atoms. The van der Waals surface area contributed by atoms with Gasteiger partial charge in [0.05, 0.1) is 24.7 Å². The van der Waals surface area contributed by atoms with Crippen molar-refractivity contribution in [2.45, 2.75) is 44.3 Å². The van der Waals surface area contributed by atoms with E-state index in [0.717, 1.165) is 81.0 Å². The first-order valence-electron chi connectivity index (χ1n) is 18.8. The fourth-order valence-electron chi connectivity index (χ4n) is 7.56. The lowest BCUT2D eigenvalue weighted by molar-refractivity contribution is -0.133. The minimum absolute atomic E-state index is 0.204. The maximum absolute atomic E-state index is 12.9. The van der Waals surface area contributed by atoms with Gasteiger partial charge in [-0.15, -0.1) is 0 Å². The van der Waals surface area contributed by atoms with Crippen molar-refractivity contribution < 1.29 is 18.9 Å². The second kappa shape index (κ2) is 17.0. The van der Waals surface area contributed by atoms with Crippen LogP contribution in [0.25, 0.3) is 0 Å². The topological polar surface area (TPSA) is 144 Å². The first-order valence-corrected chi connectivity index (χ1v) is 21.8. The molecule has 1 atom stereocenters. The van der Waals surface area contributed by atoms with Crippen molar-refractivity contribution in [2.75, 3.05) is 80.6 Å². The molecule has 1 unspecified atom stereocenters. The largest absolute Gasteiger partial charge is 0.494 e. The summed E-state index contributed by atoms with van der Waals surface area (Å²) in [6.07, 6.45) is 4.62. The molecule has 13 nitrogen and oxygen atoms in total. The molecular formula is C40H49ClN9O4P. The van der Waals surface area contributed by atoms with Crippen LogP contribution in [0.3, 0.4) is 0 Å². The Morgan fingerprint density at radius 1 is 0.909 bits per heavy atom. The van der Waals surface area contributed by atoms with Crippen LogP contribution in [0.2, 0.25) is 5.02 Å². The molecule has 0 radical (unpaired) electrons. The first kappa shape index (κ1) is 38.6. The van der Waals surface area contributed by atoms with Crippen LogP contribution in [0.5, 0.6) is 5.75 Å². The molecule has 3 fully saturated rings. The van der Waals surface area contributed by atoms with Crippen molar-refractivity contribution in [3.8, 4) is 5.75 Å². The van der Waals surface area contributed by atoms with Crippen molar-refractivity contribution in [2.24, 2.45) is 0 Å². The molecule has 0 aliphatic carbocycles. The van der Waals surface area contributed by atoms with Crippen molar-refractivity contribution in [1.29, 1.82) is 0 Å². The lowest BCUT2D eigenvalue weighted by atomic mass is 10.0. The van der Waals surface area contributed by atoms with Crippen molar-refractivity contribution >= 4 is 70.4 Å². The molecule has 3 aromatic carbocycles. The summed E-state index contributed by atoms with van der Waals surface area (Å²) in [4.78, 5) is 40.2. The van der Waals surface area contributed by atoms with E-state index in [2.05, 4.69) is 70.2 Å². The summed E-state index contributed by atoms with van der Waals surface area (Å²) in [5, 5.41) is 13.3. The Morgan fingerprint density at radius 2 is 1.65 bits per heavy atom. The maximum atomic E-state index is 12.9. The van der Waals surface area contributed by atoms with E-state index < -0.39 is 7.14 Å². The number of anilines is 6. The smallest absolute Gasteiger partial charge is 0.249 e. The lowest BCUT2D eigenvalue weighted by Crippen LogP contribution is -2.53. The normalized spacial score (nSPS) is 18.8. The number of piperazine rings is 1. The summed E-state index contributed by atoms with van der Waals surface area (Å²) in [6.45, 7) is 10.5. The standard InChI is InChI=1S/C40H49ClN9O4P/c1-54-35-24-30(12-13-32(35)45-40-42-25-31(41)38(47-40)44-33-6-4-5-7-36(33)55(2,3)53)49-18-16-29(17-19-49)50-22-20-48(21-23-50)26-27-8-10-28(11-9-27)43-34-14-15-37(51)46-39(34)52/h4-13,24-25,29,34,43H,14-23,26H2,1-3H3,(H,46,51,52)(H2,42,44,45,47). The van der Waals surface area contributed by atoms with Gasteiger partial charge in [0, 0.05) is 81.0 Å². The van der Waals surface area contributed by atoms with E-state index >= 15 is 0 Å². The Balaban J connectivity index is 0.888. The van der Waals surface area contributed by atoms with Gasteiger partial charge in [-0.3, -0.25) is 24.7 Å².